The normalized spacial score (nSPS) is 18.7. The zero-order valence-electron chi connectivity index (χ0n) is 14.2. The Balaban J connectivity index is 1.70. The summed E-state index contributed by atoms with van der Waals surface area (Å²) in [6, 6.07) is 11.4. The second kappa shape index (κ2) is 7.55. The van der Waals surface area contributed by atoms with E-state index in [0.717, 1.165) is 4.31 Å². The maximum absolute atomic E-state index is 12.8. The number of carbonyl (C=O) groups excluding carboxylic acids is 2. The lowest BCUT2D eigenvalue weighted by Gasteiger charge is -2.16. The van der Waals surface area contributed by atoms with Crippen LogP contribution in [0.1, 0.15) is 0 Å². The van der Waals surface area contributed by atoms with Crippen LogP contribution < -0.4 is 15.4 Å². The monoisotopic (exact) mass is 410 g/mol. The van der Waals surface area contributed by atoms with Crippen molar-refractivity contribution >= 4 is 33.6 Å². The molecular weight excluding hydrogens is 394 g/mol. The van der Waals surface area contributed by atoms with Crippen LogP contribution in [0.5, 0.6) is 11.5 Å². The maximum Gasteiger partial charge on any atom is 0.375 e. The highest BCUT2D eigenvalue weighted by molar-refractivity contribution is 7.89. The Kier molecular flexibility index (Phi) is 5.36. The lowest BCUT2D eigenvalue weighted by Crippen LogP contribution is -2.42. The molecule has 0 bridgehead atoms. The first-order valence-corrected chi connectivity index (χ1v) is 9.73. The summed E-state index contributed by atoms with van der Waals surface area (Å²) in [6.07, 6.45) is 0. The van der Waals surface area contributed by atoms with Gasteiger partial charge >= 0.3 is 16.1 Å². The molecule has 3 amide bonds. The first-order valence-electron chi connectivity index (χ1n) is 7.88. The molecule has 3 N–H and O–H groups in total. The van der Waals surface area contributed by atoms with Gasteiger partial charge in [0.25, 0.3) is 5.91 Å². The van der Waals surface area contributed by atoms with Crippen molar-refractivity contribution in [3.63, 3.8) is 0 Å². The summed E-state index contributed by atoms with van der Waals surface area (Å²) in [5.74, 6) is 0.534. The number of nitrogens with zero attached hydrogens (tertiary/aromatic N) is 1. The van der Waals surface area contributed by atoms with Gasteiger partial charge in [-0.2, -0.15) is 8.51 Å². The molecule has 1 aliphatic rings. The quantitative estimate of drug-likeness (QED) is 0.561. The van der Waals surface area contributed by atoms with Gasteiger partial charge in [-0.3, -0.25) is 10.1 Å². The summed E-state index contributed by atoms with van der Waals surface area (Å²) in [7, 11) is -2.18. The van der Waals surface area contributed by atoms with Gasteiger partial charge in [-0.05, 0) is 48.5 Å². The number of urea groups is 1. The molecule has 0 spiro atoms. The number of hydrogen-bond acceptors (Lipinski definition) is 4. The standard InChI is InChI=1S/C17H16ClN3O5S/c1-21(10-15-16(22)20-17(23)19-15)27(24,25)14-8-6-13(7-9-14)26-12-4-2-11(18)3-5-12/h2-9,15H,10H2,1H3,(H2,19,20,22,23)/p+1/t15-/m0/s1. The summed E-state index contributed by atoms with van der Waals surface area (Å²) in [6.45, 7) is -0.115. The molecule has 2 aromatic rings. The number of ether oxygens (including phenoxy) is 1. The van der Waals surface area contributed by atoms with Crippen molar-refractivity contribution in [3.8, 4) is 11.5 Å². The van der Waals surface area contributed by atoms with Crippen LogP contribution in [-0.4, -0.2) is 44.3 Å². The van der Waals surface area contributed by atoms with E-state index in [4.69, 9.17) is 16.3 Å². The predicted octanol–water partition coefficient (Wildman–Crippen LogP) is 2.12. The Morgan fingerprint density at radius 2 is 1.67 bits per heavy atom. The largest absolute Gasteiger partial charge is 0.457 e. The van der Waals surface area contributed by atoms with Gasteiger partial charge in [-0.15, -0.1) is 0 Å². The van der Waals surface area contributed by atoms with E-state index < -0.39 is 28.0 Å². The highest BCUT2D eigenvalue weighted by Gasteiger charge is 2.35. The minimum atomic E-state index is -3.58. The molecule has 27 heavy (non-hydrogen) atoms. The number of halogens is 1. The number of rotatable bonds is 6. The van der Waals surface area contributed by atoms with Crippen molar-refractivity contribution in [1.29, 1.82) is 0 Å². The first kappa shape index (κ1) is 19.2. The fraction of sp³-hybridized carbons (Fsp3) is 0.176. The number of hydrogen-bond donors (Lipinski definition) is 2. The number of amides is 3. The Hall–Kier alpha value is -2.62. The number of nitrogens with one attached hydrogen (secondary N) is 2. The van der Waals surface area contributed by atoms with Gasteiger partial charge in [0.15, 0.2) is 0 Å². The van der Waals surface area contributed by atoms with Gasteiger partial charge < -0.3 is 10.1 Å². The van der Waals surface area contributed by atoms with Crippen molar-refractivity contribution in [3.05, 3.63) is 53.6 Å². The fourth-order valence-corrected chi connectivity index (χ4v) is 3.78. The molecule has 3 rings (SSSR count). The Morgan fingerprint density at radius 1 is 1.11 bits per heavy atom. The van der Waals surface area contributed by atoms with E-state index in [1.807, 2.05) is 0 Å². The van der Waals surface area contributed by atoms with Gasteiger partial charge in [0.1, 0.15) is 22.4 Å². The van der Waals surface area contributed by atoms with Crippen LogP contribution in [0.2, 0.25) is 5.02 Å². The lowest BCUT2D eigenvalue weighted by molar-refractivity contribution is -0.120. The maximum atomic E-state index is 12.8. The summed E-state index contributed by atoms with van der Waals surface area (Å²) in [4.78, 5) is 22.9. The van der Waals surface area contributed by atoms with Crippen molar-refractivity contribution < 1.29 is 22.7 Å². The second-order valence-corrected chi connectivity index (χ2v) is 8.37. The van der Waals surface area contributed by atoms with E-state index in [1.165, 1.54) is 19.2 Å². The third-order valence-corrected chi connectivity index (χ3v) is 6.03. The van der Waals surface area contributed by atoms with Crippen LogP contribution in [0, 0.1) is 0 Å². The third kappa shape index (κ3) is 4.38. The van der Waals surface area contributed by atoms with Crippen LogP contribution in [0.3, 0.4) is 0 Å². The fourth-order valence-electron chi connectivity index (χ4n) is 2.45. The van der Waals surface area contributed by atoms with Crippen molar-refractivity contribution in [2.24, 2.45) is 0 Å². The molecule has 0 aromatic heterocycles. The topological polar surface area (TPSA) is 109 Å². The molecule has 2 aromatic carbocycles. The molecule has 1 fully saturated rings. The van der Waals surface area contributed by atoms with E-state index in [0.29, 0.717) is 16.5 Å². The van der Waals surface area contributed by atoms with Crippen molar-refractivity contribution in [2.45, 2.75) is 10.9 Å². The molecule has 1 saturated heterocycles. The predicted molar refractivity (Wildman–Crippen MR) is 99.4 cm³/mol. The minimum absolute atomic E-state index is 0.115. The summed E-state index contributed by atoms with van der Waals surface area (Å²) >= 11 is 5.83. The Morgan fingerprint density at radius 3 is 2.19 bits per heavy atom. The number of imide groups is 1. The molecule has 142 valence electrons. The zero-order valence-corrected chi connectivity index (χ0v) is 15.8. The van der Waals surface area contributed by atoms with Gasteiger partial charge in [-0.25, -0.2) is 9.00 Å². The van der Waals surface area contributed by atoms with Crippen molar-refractivity contribution in [1.82, 2.24) is 14.9 Å². The van der Waals surface area contributed by atoms with Gasteiger partial charge in [0, 0.05) is 18.6 Å². The second-order valence-electron chi connectivity index (χ2n) is 5.85. The molecule has 0 radical (unpaired) electrons. The molecule has 0 saturated carbocycles. The van der Waals surface area contributed by atoms with Crippen LogP contribution in [0.4, 0.5) is 4.79 Å². The van der Waals surface area contributed by atoms with Crippen molar-refractivity contribution in [2.75, 3.05) is 13.6 Å². The third-order valence-electron chi connectivity index (χ3n) is 3.90. The van der Waals surface area contributed by atoms with Gasteiger partial charge in [0.2, 0.25) is 0 Å². The number of carbonyl (C=O) groups is 2. The average Bonchev–Trinajstić information content (AvgIpc) is 2.94. The Labute approximate surface area is 161 Å². The number of benzene rings is 2. The highest BCUT2D eigenvalue weighted by atomic mass is 35.5. The summed E-state index contributed by atoms with van der Waals surface area (Å²) in [5.41, 5.74) is 0. The van der Waals surface area contributed by atoms with Crippen LogP contribution in [0.15, 0.2) is 53.4 Å². The molecule has 0 aliphatic carbocycles. The highest BCUT2D eigenvalue weighted by Crippen LogP contribution is 2.25. The van der Waals surface area contributed by atoms with Gasteiger partial charge in [-0.1, -0.05) is 11.6 Å². The van der Waals surface area contributed by atoms with Crippen LogP contribution >= 0.6 is 11.6 Å². The van der Waals surface area contributed by atoms with Gasteiger partial charge in [0.05, 0.1) is 0 Å². The lowest BCUT2D eigenvalue weighted by atomic mass is 10.3. The van der Waals surface area contributed by atoms with E-state index in [1.54, 1.807) is 36.4 Å². The van der Waals surface area contributed by atoms with Crippen LogP contribution in [0.25, 0.3) is 0 Å². The smallest absolute Gasteiger partial charge is 0.375 e. The zero-order chi connectivity index (χ0) is 19.6. The summed E-state index contributed by atoms with van der Waals surface area (Å²) in [5, 5.41) is 5.06. The van der Waals surface area contributed by atoms with E-state index >= 15 is 0 Å². The molecule has 1 aliphatic heterocycles. The molecule has 1 unspecified atom stereocenters. The van der Waals surface area contributed by atoms with E-state index in [-0.39, 0.29) is 11.4 Å². The molecular formula is C17H17ClN3O5S+. The van der Waals surface area contributed by atoms with Crippen LogP contribution in [-0.2, 0) is 14.8 Å². The first-order chi connectivity index (χ1) is 12.8. The molecule has 8 nitrogen and oxygen atoms in total. The van der Waals surface area contributed by atoms with E-state index in [2.05, 4.69) is 10.6 Å². The molecule has 10 heteroatoms. The average molecular weight is 411 g/mol. The molecule has 1 heterocycles. The number of likely N-dealkylation sites (N-methyl/N-ethyl adjacent to an activating group) is 1. The Bertz CT molecular complexity index is 961. The van der Waals surface area contributed by atoms with E-state index in [9.17, 15) is 18.0 Å². The minimum Gasteiger partial charge on any atom is -0.457 e. The summed E-state index contributed by atoms with van der Waals surface area (Å²) < 4.78 is 30.0. The molecule has 2 atom stereocenters. The SMILES string of the molecule is CN(C[C@@H]1NC(=O)NC1=O)S(=O)(=[OH+])c1ccc(Oc2ccc(Cl)cc2)cc1.